The number of anilines is 1. The molecule has 19 heavy (non-hydrogen) atoms. The summed E-state index contributed by atoms with van der Waals surface area (Å²) in [5.74, 6) is 1.96. The van der Waals surface area contributed by atoms with Crippen LogP contribution in [0.15, 0.2) is 36.2 Å². The van der Waals surface area contributed by atoms with Crippen molar-refractivity contribution in [3.8, 4) is 5.75 Å². The Balaban J connectivity index is 1.98. The summed E-state index contributed by atoms with van der Waals surface area (Å²) in [4.78, 5) is 4.28. The number of benzene rings is 1. The van der Waals surface area contributed by atoms with E-state index >= 15 is 0 Å². The molecule has 1 unspecified atom stereocenters. The molecule has 4 nitrogen and oxygen atoms in total. The fourth-order valence-electron chi connectivity index (χ4n) is 2.97. The number of nitrogens with zero attached hydrogens (tertiary/aromatic N) is 2. The predicted octanol–water partition coefficient (Wildman–Crippen LogP) is 2.16. The lowest BCUT2D eigenvalue weighted by Gasteiger charge is -2.32. The Morgan fingerprint density at radius 2 is 2.00 bits per heavy atom. The fraction of sp³-hybridized carbons (Fsp3) is 0.467. The molecule has 1 N–H and O–H groups in total. The number of allylic oxidation sites excluding steroid dienone is 1. The molecule has 0 amide bonds. The maximum Gasteiger partial charge on any atom is 0.158 e. The minimum Gasteiger partial charge on any atom is -0.497 e. The Morgan fingerprint density at radius 1 is 1.26 bits per heavy atom. The number of methoxy groups -OCH3 is 1. The molecule has 0 aromatic heterocycles. The highest BCUT2D eigenvalue weighted by Crippen LogP contribution is 2.38. The van der Waals surface area contributed by atoms with Gasteiger partial charge in [-0.1, -0.05) is 0 Å². The van der Waals surface area contributed by atoms with E-state index in [1.54, 1.807) is 7.11 Å². The van der Waals surface area contributed by atoms with E-state index < -0.39 is 5.72 Å². The van der Waals surface area contributed by atoms with Gasteiger partial charge >= 0.3 is 0 Å². The molecule has 102 valence electrons. The van der Waals surface area contributed by atoms with Gasteiger partial charge in [-0.2, -0.15) is 0 Å². The highest BCUT2D eigenvalue weighted by molar-refractivity contribution is 5.57. The maximum absolute atomic E-state index is 10.7. The summed E-state index contributed by atoms with van der Waals surface area (Å²) >= 11 is 0. The van der Waals surface area contributed by atoms with Gasteiger partial charge in [0.05, 0.1) is 13.7 Å². The molecule has 1 aromatic rings. The summed E-state index contributed by atoms with van der Waals surface area (Å²) in [7, 11) is 1.66. The Bertz CT molecular complexity index is 493. The van der Waals surface area contributed by atoms with Crippen LogP contribution in [0.4, 0.5) is 5.69 Å². The first-order valence-corrected chi connectivity index (χ1v) is 6.73. The highest BCUT2D eigenvalue weighted by Gasteiger charge is 2.43. The third-order valence-electron chi connectivity index (χ3n) is 3.81. The van der Waals surface area contributed by atoms with Crippen molar-refractivity contribution in [1.82, 2.24) is 4.90 Å². The van der Waals surface area contributed by atoms with E-state index in [1.807, 2.05) is 36.1 Å². The fourth-order valence-corrected chi connectivity index (χ4v) is 2.97. The maximum atomic E-state index is 10.7. The van der Waals surface area contributed by atoms with Crippen molar-refractivity contribution in [3.05, 3.63) is 36.2 Å². The van der Waals surface area contributed by atoms with E-state index in [1.165, 1.54) is 0 Å². The molecule has 3 rings (SSSR count). The molecule has 2 aliphatic rings. The molecule has 1 aromatic carbocycles. The summed E-state index contributed by atoms with van der Waals surface area (Å²) in [6, 6.07) is 7.84. The lowest BCUT2D eigenvalue weighted by atomic mass is 10.2. The third-order valence-corrected chi connectivity index (χ3v) is 3.81. The van der Waals surface area contributed by atoms with Crippen LogP contribution < -0.4 is 9.64 Å². The molecule has 0 aliphatic carbocycles. The molecule has 0 bridgehead atoms. The number of ether oxygens (including phenoxy) is 1. The molecular formula is C15H20N2O2. The van der Waals surface area contributed by atoms with Crippen LogP contribution in [0.3, 0.4) is 0 Å². The zero-order valence-corrected chi connectivity index (χ0v) is 11.5. The van der Waals surface area contributed by atoms with Crippen molar-refractivity contribution in [2.45, 2.75) is 25.5 Å². The quantitative estimate of drug-likeness (QED) is 0.884. The zero-order valence-electron chi connectivity index (χ0n) is 11.5. The van der Waals surface area contributed by atoms with Crippen molar-refractivity contribution in [1.29, 1.82) is 0 Å². The van der Waals surface area contributed by atoms with Crippen molar-refractivity contribution >= 4 is 5.69 Å². The van der Waals surface area contributed by atoms with Crippen LogP contribution in [-0.4, -0.2) is 35.9 Å². The highest BCUT2D eigenvalue weighted by atomic mass is 16.5. The molecule has 4 heteroatoms. The smallest absolute Gasteiger partial charge is 0.158 e. The van der Waals surface area contributed by atoms with Crippen LogP contribution in [0.2, 0.25) is 0 Å². The van der Waals surface area contributed by atoms with Gasteiger partial charge in [-0.25, -0.2) is 0 Å². The molecule has 0 saturated carbocycles. The molecule has 2 heterocycles. The number of fused-ring (bicyclic) bond motifs is 1. The first kappa shape index (κ1) is 12.4. The van der Waals surface area contributed by atoms with Gasteiger partial charge in [0.15, 0.2) is 5.72 Å². The summed E-state index contributed by atoms with van der Waals surface area (Å²) in [6.07, 6.45) is 4.46. The Labute approximate surface area is 113 Å². The molecule has 0 spiro atoms. The average Bonchev–Trinajstić information content (AvgIpc) is 2.68. The lowest BCUT2D eigenvalue weighted by Crippen LogP contribution is -2.42. The van der Waals surface area contributed by atoms with Gasteiger partial charge in [0.25, 0.3) is 0 Å². The molecule has 0 radical (unpaired) electrons. The van der Waals surface area contributed by atoms with Gasteiger partial charge in [-0.05, 0) is 50.1 Å². The number of hydrogen-bond donors (Lipinski definition) is 1. The van der Waals surface area contributed by atoms with Gasteiger partial charge in [-0.15, -0.1) is 0 Å². The van der Waals surface area contributed by atoms with Crippen molar-refractivity contribution in [3.63, 3.8) is 0 Å². The van der Waals surface area contributed by atoms with Crippen LogP contribution >= 0.6 is 0 Å². The second-order valence-electron chi connectivity index (χ2n) is 5.38. The average molecular weight is 260 g/mol. The van der Waals surface area contributed by atoms with Crippen LogP contribution in [0.25, 0.3) is 0 Å². The minimum absolute atomic E-state index is 0.658. The van der Waals surface area contributed by atoms with Gasteiger partial charge < -0.3 is 14.7 Å². The summed E-state index contributed by atoms with van der Waals surface area (Å²) in [6.45, 7) is 3.55. The second-order valence-corrected chi connectivity index (χ2v) is 5.38. The Hall–Kier alpha value is -1.68. The SMILES string of the molecule is COc1ccc(N2C3=CCCCN3CC2(C)O)cc1. The van der Waals surface area contributed by atoms with Crippen LogP contribution in [0.5, 0.6) is 5.75 Å². The lowest BCUT2D eigenvalue weighted by molar-refractivity contribution is 0.0704. The predicted molar refractivity (Wildman–Crippen MR) is 75.0 cm³/mol. The largest absolute Gasteiger partial charge is 0.497 e. The number of hydrogen-bond acceptors (Lipinski definition) is 4. The third kappa shape index (κ3) is 2.06. The monoisotopic (exact) mass is 260 g/mol. The number of aliphatic hydroxyl groups is 1. The Morgan fingerprint density at radius 3 is 2.68 bits per heavy atom. The van der Waals surface area contributed by atoms with Gasteiger partial charge in [0.2, 0.25) is 0 Å². The van der Waals surface area contributed by atoms with E-state index in [2.05, 4.69) is 11.0 Å². The van der Waals surface area contributed by atoms with Crippen LogP contribution in [0, 0.1) is 0 Å². The Kier molecular flexibility index (Phi) is 2.90. The second kappa shape index (κ2) is 4.46. The molecule has 1 fully saturated rings. The molecule has 1 saturated heterocycles. The summed E-state index contributed by atoms with van der Waals surface area (Å²) in [5, 5.41) is 10.7. The summed E-state index contributed by atoms with van der Waals surface area (Å²) in [5.41, 5.74) is 0.145. The molecular weight excluding hydrogens is 240 g/mol. The van der Waals surface area contributed by atoms with E-state index in [4.69, 9.17) is 4.74 Å². The van der Waals surface area contributed by atoms with Crippen molar-refractivity contribution < 1.29 is 9.84 Å². The van der Waals surface area contributed by atoms with E-state index in [9.17, 15) is 5.11 Å². The van der Waals surface area contributed by atoms with Crippen LogP contribution in [0.1, 0.15) is 19.8 Å². The van der Waals surface area contributed by atoms with E-state index in [-0.39, 0.29) is 0 Å². The van der Waals surface area contributed by atoms with Gasteiger partial charge in [0, 0.05) is 12.2 Å². The minimum atomic E-state index is -0.856. The van der Waals surface area contributed by atoms with Crippen LogP contribution in [-0.2, 0) is 0 Å². The first-order chi connectivity index (χ1) is 9.12. The number of rotatable bonds is 2. The molecule has 1 atom stereocenters. The normalized spacial score (nSPS) is 26.2. The van der Waals surface area contributed by atoms with E-state index in [0.29, 0.717) is 6.54 Å². The summed E-state index contributed by atoms with van der Waals surface area (Å²) < 4.78 is 5.18. The van der Waals surface area contributed by atoms with Crippen molar-refractivity contribution in [2.24, 2.45) is 0 Å². The molecule has 2 aliphatic heterocycles. The standard InChI is InChI=1S/C15H20N2O2/c1-15(18)11-16-10-4-3-5-14(16)17(15)12-6-8-13(19-2)9-7-12/h5-9,18H,3-4,10-11H2,1-2H3. The van der Waals surface area contributed by atoms with Gasteiger partial charge in [0.1, 0.15) is 11.6 Å². The van der Waals surface area contributed by atoms with Gasteiger partial charge in [-0.3, -0.25) is 4.90 Å². The topological polar surface area (TPSA) is 35.9 Å². The van der Waals surface area contributed by atoms with E-state index in [0.717, 1.165) is 36.6 Å². The van der Waals surface area contributed by atoms with Crippen molar-refractivity contribution in [2.75, 3.05) is 25.1 Å². The zero-order chi connectivity index (χ0) is 13.5. The first-order valence-electron chi connectivity index (χ1n) is 6.73.